The van der Waals surface area contributed by atoms with Crippen LogP contribution in [0.2, 0.25) is 0 Å². The van der Waals surface area contributed by atoms with E-state index in [1.807, 2.05) is 13.0 Å². The monoisotopic (exact) mass is 217 g/mol. The lowest BCUT2D eigenvalue weighted by Crippen LogP contribution is -2.28. The summed E-state index contributed by atoms with van der Waals surface area (Å²) in [6, 6.07) is 8.72. The first-order chi connectivity index (χ1) is 7.74. The van der Waals surface area contributed by atoms with E-state index in [0.717, 1.165) is 4.90 Å². The number of amides is 2. The van der Waals surface area contributed by atoms with Crippen molar-refractivity contribution in [1.82, 2.24) is 0 Å². The van der Waals surface area contributed by atoms with Crippen LogP contribution in [0.15, 0.2) is 42.2 Å². The van der Waals surface area contributed by atoms with E-state index in [-0.39, 0.29) is 5.76 Å². The Morgan fingerprint density at radius 2 is 1.94 bits per heavy atom. The molecule has 0 atom stereocenters. The molecule has 0 radical (unpaired) electrons. The van der Waals surface area contributed by atoms with E-state index < -0.39 is 12.0 Å². The number of para-hydroxylation sites is 1. The number of carbonyl (C=O) groups is 2. The zero-order valence-electron chi connectivity index (χ0n) is 8.84. The molecule has 1 aromatic carbocycles. The SMILES string of the molecule is CC/C=C1/OC(=O)N(c2ccccc2)C1=O. The lowest BCUT2D eigenvalue weighted by Gasteiger charge is -2.08. The Kier molecular flexibility index (Phi) is 2.72. The third kappa shape index (κ3) is 1.69. The Labute approximate surface area is 93.1 Å². The molecule has 82 valence electrons. The maximum Gasteiger partial charge on any atom is 0.427 e. The number of hydrogen-bond acceptors (Lipinski definition) is 3. The molecule has 0 spiro atoms. The van der Waals surface area contributed by atoms with E-state index in [2.05, 4.69) is 0 Å². The summed E-state index contributed by atoms with van der Waals surface area (Å²) in [5.41, 5.74) is 0.525. The zero-order valence-corrected chi connectivity index (χ0v) is 8.84. The van der Waals surface area contributed by atoms with E-state index in [1.54, 1.807) is 30.3 Å². The van der Waals surface area contributed by atoms with E-state index >= 15 is 0 Å². The van der Waals surface area contributed by atoms with Crippen LogP contribution < -0.4 is 4.90 Å². The summed E-state index contributed by atoms with van der Waals surface area (Å²) >= 11 is 0. The molecule has 4 heteroatoms. The molecule has 4 nitrogen and oxygen atoms in total. The van der Waals surface area contributed by atoms with Gasteiger partial charge in [0.15, 0.2) is 5.76 Å². The van der Waals surface area contributed by atoms with Gasteiger partial charge >= 0.3 is 12.0 Å². The molecule has 0 aliphatic carbocycles. The first kappa shape index (κ1) is 10.4. The third-order valence-corrected chi connectivity index (χ3v) is 2.20. The highest BCUT2D eigenvalue weighted by Gasteiger charge is 2.37. The molecule has 1 aromatic rings. The molecule has 1 fully saturated rings. The lowest BCUT2D eigenvalue weighted by molar-refractivity contribution is -0.114. The van der Waals surface area contributed by atoms with Gasteiger partial charge in [-0.15, -0.1) is 0 Å². The summed E-state index contributed by atoms with van der Waals surface area (Å²) in [5.74, 6) is -0.297. The van der Waals surface area contributed by atoms with Gasteiger partial charge in [-0.2, -0.15) is 0 Å². The van der Waals surface area contributed by atoms with Crippen molar-refractivity contribution in [2.45, 2.75) is 13.3 Å². The second-order valence-electron chi connectivity index (χ2n) is 3.32. The molecule has 1 saturated heterocycles. The van der Waals surface area contributed by atoms with Crippen molar-refractivity contribution < 1.29 is 14.3 Å². The molecule has 16 heavy (non-hydrogen) atoms. The van der Waals surface area contributed by atoms with Crippen molar-refractivity contribution >= 4 is 17.7 Å². The van der Waals surface area contributed by atoms with Crippen LogP contribution in [0, 0.1) is 0 Å². The van der Waals surface area contributed by atoms with Crippen molar-refractivity contribution in [3.8, 4) is 0 Å². The first-order valence-electron chi connectivity index (χ1n) is 5.05. The number of imide groups is 1. The van der Waals surface area contributed by atoms with Crippen LogP contribution in [-0.4, -0.2) is 12.0 Å². The molecule has 0 N–H and O–H groups in total. The number of cyclic esters (lactones) is 1. The van der Waals surface area contributed by atoms with Crippen molar-refractivity contribution in [2.24, 2.45) is 0 Å². The summed E-state index contributed by atoms with van der Waals surface area (Å²) in [4.78, 5) is 24.4. The van der Waals surface area contributed by atoms with Crippen LogP contribution in [0.5, 0.6) is 0 Å². The van der Waals surface area contributed by atoms with Gasteiger partial charge in [0.1, 0.15) is 0 Å². The fourth-order valence-corrected chi connectivity index (χ4v) is 1.49. The molecule has 1 aliphatic heterocycles. The van der Waals surface area contributed by atoms with Crippen molar-refractivity contribution in [1.29, 1.82) is 0 Å². The van der Waals surface area contributed by atoms with Crippen LogP contribution in [0.4, 0.5) is 10.5 Å². The van der Waals surface area contributed by atoms with Gasteiger partial charge in [-0.1, -0.05) is 25.1 Å². The predicted molar refractivity (Wildman–Crippen MR) is 58.8 cm³/mol. The summed E-state index contributed by atoms with van der Waals surface area (Å²) in [6.07, 6.45) is 1.61. The van der Waals surface area contributed by atoms with Gasteiger partial charge in [0.2, 0.25) is 0 Å². The van der Waals surface area contributed by atoms with Gasteiger partial charge < -0.3 is 4.74 Å². The van der Waals surface area contributed by atoms with Crippen LogP contribution in [0.25, 0.3) is 0 Å². The van der Waals surface area contributed by atoms with Gasteiger partial charge in [0.25, 0.3) is 0 Å². The first-order valence-corrected chi connectivity index (χ1v) is 5.05. The highest BCUT2D eigenvalue weighted by Crippen LogP contribution is 2.24. The number of nitrogens with zero attached hydrogens (tertiary/aromatic N) is 1. The number of anilines is 1. The molecule has 1 heterocycles. The fraction of sp³-hybridized carbons (Fsp3) is 0.167. The predicted octanol–water partition coefficient (Wildman–Crippen LogP) is 2.46. The topological polar surface area (TPSA) is 46.6 Å². The average molecular weight is 217 g/mol. The summed E-state index contributed by atoms with van der Waals surface area (Å²) < 4.78 is 4.88. The Hall–Kier alpha value is -2.10. The second kappa shape index (κ2) is 4.18. The van der Waals surface area contributed by atoms with Crippen molar-refractivity contribution in [3.63, 3.8) is 0 Å². The van der Waals surface area contributed by atoms with E-state index in [9.17, 15) is 9.59 Å². The van der Waals surface area contributed by atoms with Gasteiger partial charge in [-0.3, -0.25) is 4.79 Å². The number of hydrogen-bond donors (Lipinski definition) is 0. The molecule has 0 aromatic heterocycles. The number of allylic oxidation sites excluding steroid dienone is 1. The molecule has 1 aliphatic rings. The minimum atomic E-state index is -0.643. The average Bonchev–Trinajstić information content (AvgIpc) is 2.56. The minimum Gasteiger partial charge on any atom is -0.404 e. The largest absolute Gasteiger partial charge is 0.427 e. The molecule has 0 unspecified atom stereocenters. The molecule has 0 bridgehead atoms. The maximum atomic E-state index is 11.8. The van der Waals surface area contributed by atoms with Gasteiger partial charge in [0.05, 0.1) is 5.69 Å². The number of carbonyl (C=O) groups excluding carboxylic acids is 2. The summed E-state index contributed by atoms with van der Waals surface area (Å²) in [7, 11) is 0. The lowest BCUT2D eigenvalue weighted by atomic mass is 10.3. The maximum absolute atomic E-state index is 11.8. The molecular weight excluding hydrogens is 206 g/mol. The number of benzene rings is 1. The number of rotatable bonds is 2. The zero-order chi connectivity index (χ0) is 11.5. The normalized spacial score (nSPS) is 18.1. The summed E-state index contributed by atoms with van der Waals surface area (Å²) in [6.45, 7) is 1.87. The molecular formula is C12H11NO3. The number of ether oxygens (including phenoxy) is 1. The quantitative estimate of drug-likeness (QED) is 0.715. The second-order valence-corrected chi connectivity index (χ2v) is 3.32. The Morgan fingerprint density at radius 3 is 2.56 bits per heavy atom. The van der Waals surface area contributed by atoms with E-state index in [4.69, 9.17) is 4.74 Å². The minimum absolute atomic E-state index is 0.108. The highest BCUT2D eigenvalue weighted by molar-refractivity contribution is 6.23. The summed E-state index contributed by atoms with van der Waals surface area (Å²) in [5, 5.41) is 0. The molecule has 2 rings (SSSR count). The van der Waals surface area contributed by atoms with Gasteiger partial charge in [0, 0.05) is 0 Å². The van der Waals surface area contributed by atoms with Gasteiger partial charge in [-0.05, 0) is 24.6 Å². The van der Waals surface area contributed by atoms with E-state index in [1.165, 1.54) is 0 Å². The molecule has 0 saturated carbocycles. The Morgan fingerprint density at radius 1 is 1.25 bits per heavy atom. The Bertz CT molecular complexity index is 451. The van der Waals surface area contributed by atoms with Gasteiger partial charge in [-0.25, -0.2) is 9.69 Å². The Balaban J connectivity index is 2.34. The van der Waals surface area contributed by atoms with Crippen molar-refractivity contribution in [2.75, 3.05) is 4.90 Å². The standard InChI is InChI=1S/C12H11NO3/c1-2-6-10-11(14)13(12(15)16-10)9-7-4-3-5-8-9/h3-8H,2H2,1H3/b10-6+. The van der Waals surface area contributed by atoms with Crippen LogP contribution >= 0.6 is 0 Å². The van der Waals surface area contributed by atoms with Crippen LogP contribution in [0.3, 0.4) is 0 Å². The smallest absolute Gasteiger partial charge is 0.404 e. The fourth-order valence-electron chi connectivity index (χ4n) is 1.49. The highest BCUT2D eigenvalue weighted by atomic mass is 16.6. The molecule has 2 amide bonds. The van der Waals surface area contributed by atoms with Crippen molar-refractivity contribution in [3.05, 3.63) is 42.2 Å². The van der Waals surface area contributed by atoms with E-state index in [0.29, 0.717) is 12.1 Å². The van der Waals surface area contributed by atoms with Crippen LogP contribution in [0.1, 0.15) is 13.3 Å². The van der Waals surface area contributed by atoms with Crippen LogP contribution in [-0.2, 0) is 9.53 Å². The third-order valence-electron chi connectivity index (χ3n) is 2.20.